The lowest BCUT2D eigenvalue weighted by Gasteiger charge is -2.35. The summed E-state index contributed by atoms with van der Waals surface area (Å²) < 4.78 is 4.78. The number of nitrogens with zero attached hydrogens (tertiary/aromatic N) is 1. The number of rotatable bonds is 4. The fraction of sp³-hybridized carbons (Fsp3) is 0.533. The van der Waals surface area contributed by atoms with E-state index in [1.807, 2.05) is 12.1 Å². The van der Waals surface area contributed by atoms with Crippen molar-refractivity contribution in [1.82, 2.24) is 4.90 Å². The molecule has 2 rings (SSSR count). The zero-order valence-corrected chi connectivity index (χ0v) is 13.1. The minimum absolute atomic E-state index is 0.154. The third kappa shape index (κ3) is 3.87. The van der Waals surface area contributed by atoms with Crippen molar-refractivity contribution in [2.75, 3.05) is 13.7 Å². The van der Waals surface area contributed by atoms with Crippen LogP contribution in [0.2, 0.25) is 10.0 Å². The maximum absolute atomic E-state index is 11.5. The molecule has 3 nitrogen and oxygen atoms in total. The molecule has 1 saturated heterocycles. The molecule has 0 aromatic heterocycles. The summed E-state index contributed by atoms with van der Waals surface area (Å²) in [6, 6.07) is 5.90. The summed E-state index contributed by atoms with van der Waals surface area (Å²) in [5.41, 5.74) is 1.01. The van der Waals surface area contributed by atoms with Gasteiger partial charge in [0.25, 0.3) is 0 Å². The van der Waals surface area contributed by atoms with Gasteiger partial charge in [0.15, 0.2) is 0 Å². The minimum Gasteiger partial charge on any atom is -0.469 e. The van der Waals surface area contributed by atoms with E-state index in [4.69, 9.17) is 27.9 Å². The molecule has 0 saturated carbocycles. The van der Waals surface area contributed by atoms with Gasteiger partial charge < -0.3 is 4.74 Å². The van der Waals surface area contributed by atoms with Gasteiger partial charge in [0.05, 0.1) is 23.6 Å². The number of halogens is 2. The van der Waals surface area contributed by atoms with Gasteiger partial charge in [0.2, 0.25) is 0 Å². The predicted molar refractivity (Wildman–Crippen MR) is 81.1 cm³/mol. The SMILES string of the molecule is COC(=O)CC1CCCCN1Cc1cccc(Cl)c1Cl. The van der Waals surface area contributed by atoms with E-state index in [2.05, 4.69) is 4.90 Å². The first kappa shape index (κ1) is 15.6. The first-order chi connectivity index (χ1) is 9.61. The molecular weight excluding hydrogens is 297 g/mol. The molecule has 5 heteroatoms. The van der Waals surface area contributed by atoms with Gasteiger partial charge in [-0.15, -0.1) is 0 Å². The molecule has 1 fully saturated rings. The van der Waals surface area contributed by atoms with E-state index in [0.717, 1.165) is 37.9 Å². The second-order valence-electron chi connectivity index (χ2n) is 5.11. The van der Waals surface area contributed by atoms with Crippen LogP contribution in [0.25, 0.3) is 0 Å². The predicted octanol–water partition coefficient (Wildman–Crippen LogP) is 3.91. The molecular formula is C15H19Cl2NO2. The van der Waals surface area contributed by atoms with Crippen LogP contribution in [-0.4, -0.2) is 30.6 Å². The zero-order valence-electron chi connectivity index (χ0n) is 11.6. The number of hydrogen-bond acceptors (Lipinski definition) is 3. The van der Waals surface area contributed by atoms with Gasteiger partial charge in [-0.3, -0.25) is 9.69 Å². The zero-order chi connectivity index (χ0) is 14.5. The maximum atomic E-state index is 11.5. The first-order valence-corrected chi connectivity index (χ1v) is 7.61. The summed E-state index contributed by atoms with van der Waals surface area (Å²) in [5.74, 6) is -0.154. The highest BCUT2D eigenvalue weighted by atomic mass is 35.5. The number of piperidine rings is 1. The molecule has 1 heterocycles. The summed E-state index contributed by atoms with van der Waals surface area (Å²) in [6.45, 7) is 1.70. The normalized spacial score (nSPS) is 19.9. The van der Waals surface area contributed by atoms with Gasteiger partial charge in [-0.25, -0.2) is 0 Å². The van der Waals surface area contributed by atoms with Crippen molar-refractivity contribution >= 4 is 29.2 Å². The second kappa shape index (κ2) is 7.30. The number of carbonyl (C=O) groups excluding carboxylic acids is 1. The van der Waals surface area contributed by atoms with Crippen LogP contribution >= 0.6 is 23.2 Å². The number of hydrogen-bond donors (Lipinski definition) is 0. The summed E-state index contributed by atoms with van der Waals surface area (Å²) in [4.78, 5) is 13.8. The van der Waals surface area contributed by atoms with Crippen molar-refractivity contribution < 1.29 is 9.53 Å². The molecule has 1 aliphatic heterocycles. The van der Waals surface area contributed by atoms with Crippen molar-refractivity contribution in [3.8, 4) is 0 Å². The van der Waals surface area contributed by atoms with E-state index in [0.29, 0.717) is 16.5 Å². The van der Waals surface area contributed by atoms with Gasteiger partial charge in [-0.05, 0) is 31.0 Å². The van der Waals surface area contributed by atoms with Gasteiger partial charge in [-0.1, -0.05) is 41.8 Å². The van der Waals surface area contributed by atoms with Crippen LogP contribution in [0.5, 0.6) is 0 Å². The highest BCUT2D eigenvalue weighted by Crippen LogP contribution is 2.29. The van der Waals surface area contributed by atoms with Crippen LogP contribution in [0, 0.1) is 0 Å². The van der Waals surface area contributed by atoms with Crippen LogP contribution in [0.4, 0.5) is 0 Å². The average Bonchev–Trinajstić information content (AvgIpc) is 2.45. The molecule has 0 radical (unpaired) electrons. The Bertz CT molecular complexity index is 479. The Morgan fingerprint density at radius 2 is 2.20 bits per heavy atom. The van der Waals surface area contributed by atoms with Crippen molar-refractivity contribution in [3.05, 3.63) is 33.8 Å². The Morgan fingerprint density at radius 1 is 1.40 bits per heavy atom. The van der Waals surface area contributed by atoms with E-state index in [-0.39, 0.29) is 12.0 Å². The highest BCUT2D eigenvalue weighted by Gasteiger charge is 2.25. The monoisotopic (exact) mass is 315 g/mol. The number of likely N-dealkylation sites (tertiary alicyclic amines) is 1. The van der Waals surface area contributed by atoms with E-state index in [1.54, 1.807) is 6.07 Å². The average molecular weight is 316 g/mol. The third-order valence-corrected chi connectivity index (χ3v) is 4.64. The summed E-state index contributed by atoms with van der Waals surface area (Å²) in [6.07, 6.45) is 3.76. The maximum Gasteiger partial charge on any atom is 0.307 e. The minimum atomic E-state index is -0.154. The number of carbonyl (C=O) groups is 1. The van der Waals surface area contributed by atoms with Crippen LogP contribution in [-0.2, 0) is 16.1 Å². The largest absolute Gasteiger partial charge is 0.469 e. The van der Waals surface area contributed by atoms with E-state index in [1.165, 1.54) is 7.11 Å². The fourth-order valence-corrected chi connectivity index (χ4v) is 3.04. The Kier molecular flexibility index (Phi) is 5.70. The van der Waals surface area contributed by atoms with Gasteiger partial charge in [0.1, 0.15) is 0 Å². The Labute approximate surface area is 129 Å². The van der Waals surface area contributed by atoms with Gasteiger partial charge in [0, 0.05) is 12.6 Å². The lowest BCUT2D eigenvalue weighted by atomic mass is 9.98. The molecule has 110 valence electrons. The topological polar surface area (TPSA) is 29.5 Å². The summed E-state index contributed by atoms with van der Waals surface area (Å²) in [5, 5.41) is 1.18. The molecule has 0 N–H and O–H groups in total. The van der Waals surface area contributed by atoms with Gasteiger partial charge in [-0.2, -0.15) is 0 Å². The van der Waals surface area contributed by atoms with Crippen molar-refractivity contribution in [2.45, 2.75) is 38.3 Å². The van der Waals surface area contributed by atoms with Crippen LogP contribution in [0.3, 0.4) is 0 Å². The smallest absolute Gasteiger partial charge is 0.307 e. The molecule has 0 spiro atoms. The quantitative estimate of drug-likeness (QED) is 0.789. The van der Waals surface area contributed by atoms with Gasteiger partial charge >= 0.3 is 5.97 Å². The van der Waals surface area contributed by atoms with E-state index in [9.17, 15) is 4.79 Å². The highest BCUT2D eigenvalue weighted by molar-refractivity contribution is 6.42. The van der Waals surface area contributed by atoms with Crippen LogP contribution in [0.15, 0.2) is 18.2 Å². The Balaban J connectivity index is 2.08. The molecule has 1 atom stereocenters. The number of benzene rings is 1. The number of esters is 1. The summed E-state index contributed by atoms with van der Waals surface area (Å²) >= 11 is 12.3. The van der Waals surface area contributed by atoms with Crippen LogP contribution < -0.4 is 0 Å². The first-order valence-electron chi connectivity index (χ1n) is 6.85. The van der Waals surface area contributed by atoms with E-state index >= 15 is 0 Å². The summed E-state index contributed by atoms with van der Waals surface area (Å²) in [7, 11) is 1.43. The van der Waals surface area contributed by atoms with Crippen LogP contribution in [0.1, 0.15) is 31.2 Å². The molecule has 20 heavy (non-hydrogen) atoms. The van der Waals surface area contributed by atoms with Crippen molar-refractivity contribution in [2.24, 2.45) is 0 Å². The number of methoxy groups -OCH3 is 1. The molecule has 0 amide bonds. The lowest BCUT2D eigenvalue weighted by Crippen LogP contribution is -2.40. The molecule has 1 aromatic rings. The molecule has 0 bridgehead atoms. The molecule has 1 unspecified atom stereocenters. The Morgan fingerprint density at radius 3 is 2.95 bits per heavy atom. The second-order valence-corrected chi connectivity index (χ2v) is 5.90. The number of ether oxygens (including phenoxy) is 1. The van der Waals surface area contributed by atoms with Crippen molar-refractivity contribution in [1.29, 1.82) is 0 Å². The molecule has 1 aromatic carbocycles. The fourth-order valence-electron chi connectivity index (χ4n) is 2.66. The standard InChI is InChI=1S/C15H19Cl2NO2/c1-20-14(19)9-12-6-2-3-8-18(12)10-11-5-4-7-13(16)15(11)17/h4-5,7,12H,2-3,6,8-10H2,1H3. The molecule has 1 aliphatic rings. The molecule has 0 aliphatic carbocycles. The lowest BCUT2D eigenvalue weighted by molar-refractivity contribution is -0.142. The third-order valence-electron chi connectivity index (χ3n) is 3.78. The van der Waals surface area contributed by atoms with Crippen molar-refractivity contribution in [3.63, 3.8) is 0 Å². The Hall–Kier alpha value is -0.770. The van der Waals surface area contributed by atoms with E-state index < -0.39 is 0 Å².